The molecule has 8 nitrogen and oxygen atoms in total. The van der Waals surface area contributed by atoms with E-state index in [0.29, 0.717) is 12.2 Å². The second-order valence-electron chi connectivity index (χ2n) is 5.53. The largest absolute Gasteiger partial charge is 0.658 e. The van der Waals surface area contributed by atoms with Crippen LogP contribution >= 0.6 is 0 Å². The maximum atomic E-state index is 11.7. The molecule has 0 unspecified atom stereocenters. The van der Waals surface area contributed by atoms with Gasteiger partial charge in [-0.05, 0) is 32.4 Å². The lowest BCUT2D eigenvalue weighted by Gasteiger charge is -2.23. The number of carbonyl (C=O) groups is 2. The molecule has 22 heavy (non-hydrogen) atoms. The summed E-state index contributed by atoms with van der Waals surface area (Å²) in [5, 5.41) is 4.34. The molecule has 1 aromatic heterocycles. The number of aromatic nitrogens is 2. The molecule has 3 rings (SSSR count). The summed E-state index contributed by atoms with van der Waals surface area (Å²) in [7, 11) is 0.552. The van der Waals surface area contributed by atoms with Gasteiger partial charge in [-0.25, -0.2) is 4.68 Å². The predicted molar refractivity (Wildman–Crippen MR) is 76.1 cm³/mol. The van der Waals surface area contributed by atoms with Gasteiger partial charge >= 0.3 is 19.1 Å². The van der Waals surface area contributed by atoms with E-state index >= 15 is 0 Å². The standard InChI is InChI=1S/C13H18BN3O5/c1-16-8-12(18)21-14(22-13(19)9-16)10-5-6-17(15-10)11-4-2-3-7-20-11/h5-6,11H,2-4,7-9H2,1H3/t11-/m1/s1. The maximum Gasteiger partial charge on any atom is 0.658 e. The normalized spacial score (nSPS) is 24.4. The highest BCUT2D eigenvalue weighted by Crippen LogP contribution is 2.20. The molecule has 0 radical (unpaired) electrons. The van der Waals surface area contributed by atoms with Crippen LogP contribution in [0.1, 0.15) is 25.5 Å². The van der Waals surface area contributed by atoms with Gasteiger partial charge in [0.15, 0.2) is 0 Å². The first-order chi connectivity index (χ1) is 10.6. The molecule has 0 spiro atoms. The lowest BCUT2D eigenvalue weighted by Crippen LogP contribution is -2.48. The SMILES string of the molecule is CN1CC(=O)OB(c2ccn([C@H]3CCCCO3)n2)OC(=O)C1. The highest BCUT2D eigenvalue weighted by atomic mass is 16.6. The maximum absolute atomic E-state index is 11.7. The Hall–Kier alpha value is -1.87. The van der Waals surface area contributed by atoms with Gasteiger partial charge in [0.05, 0.1) is 13.1 Å². The molecule has 2 aliphatic heterocycles. The number of ether oxygens (including phenoxy) is 1. The highest BCUT2D eigenvalue weighted by molar-refractivity contribution is 6.63. The van der Waals surface area contributed by atoms with E-state index in [-0.39, 0.29) is 19.3 Å². The van der Waals surface area contributed by atoms with Gasteiger partial charge in [0.1, 0.15) is 11.8 Å². The van der Waals surface area contributed by atoms with E-state index in [1.807, 2.05) is 0 Å². The third kappa shape index (κ3) is 3.48. The van der Waals surface area contributed by atoms with E-state index in [0.717, 1.165) is 19.3 Å². The molecule has 1 aromatic rings. The summed E-state index contributed by atoms with van der Waals surface area (Å²) in [6, 6.07) is 1.68. The predicted octanol–water partition coefficient (Wildman–Crippen LogP) is -0.691. The lowest BCUT2D eigenvalue weighted by atomic mass is 9.84. The van der Waals surface area contributed by atoms with Gasteiger partial charge in [0, 0.05) is 12.8 Å². The topological polar surface area (TPSA) is 82.9 Å². The van der Waals surface area contributed by atoms with Gasteiger partial charge in [-0.2, -0.15) is 5.10 Å². The van der Waals surface area contributed by atoms with Gasteiger partial charge in [-0.15, -0.1) is 0 Å². The molecular weight excluding hydrogens is 289 g/mol. The Bertz CT molecular complexity index is 538. The summed E-state index contributed by atoms with van der Waals surface area (Å²) in [6.07, 6.45) is 4.65. The summed E-state index contributed by atoms with van der Waals surface area (Å²) < 4.78 is 17.7. The third-order valence-electron chi connectivity index (χ3n) is 3.60. The zero-order valence-corrected chi connectivity index (χ0v) is 12.4. The summed E-state index contributed by atoms with van der Waals surface area (Å²) in [5.74, 6) is -0.910. The quantitative estimate of drug-likeness (QED) is 0.669. The average Bonchev–Trinajstić information content (AvgIpc) is 2.95. The first-order valence-electron chi connectivity index (χ1n) is 7.36. The van der Waals surface area contributed by atoms with Gasteiger partial charge in [0.25, 0.3) is 0 Å². The van der Waals surface area contributed by atoms with Crippen molar-refractivity contribution in [2.75, 3.05) is 26.7 Å². The van der Waals surface area contributed by atoms with E-state index in [2.05, 4.69) is 5.10 Å². The molecule has 9 heteroatoms. The van der Waals surface area contributed by atoms with E-state index < -0.39 is 19.1 Å². The fourth-order valence-electron chi connectivity index (χ4n) is 2.53. The molecule has 2 fully saturated rings. The Labute approximate surface area is 128 Å². The summed E-state index contributed by atoms with van der Waals surface area (Å²) in [6.45, 7) is 0.787. The molecule has 0 bridgehead atoms. The zero-order valence-electron chi connectivity index (χ0n) is 12.4. The second kappa shape index (κ2) is 6.49. The van der Waals surface area contributed by atoms with Crippen molar-refractivity contribution in [1.82, 2.24) is 14.7 Å². The van der Waals surface area contributed by atoms with Crippen LogP contribution in [0.2, 0.25) is 0 Å². The van der Waals surface area contributed by atoms with Crippen molar-refractivity contribution in [3.05, 3.63) is 12.3 Å². The number of likely N-dealkylation sites (N-methyl/N-ethyl adjacent to an activating group) is 1. The van der Waals surface area contributed by atoms with Gasteiger partial charge in [-0.1, -0.05) is 0 Å². The van der Waals surface area contributed by atoms with Crippen molar-refractivity contribution in [2.45, 2.75) is 25.5 Å². The number of hydrogen-bond donors (Lipinski definition) is 0. The van der Waals surface area contributed by atoms with Crippen molar-refractivity contribution in [3.8, 4) is 0 Å². The minimum absolute atomic E-state index is 0.0397. The van der Waals surface area contributed by atoms with Crippen molar-refractivity contribution in [2.24, 2.45) is 0 Å². The Balaban J connectivity index is 1.73. The molecule has 118 valence electrons. The van der Waals surface area contributed by atoms with E-state index in [1.165, 1.54) is 4.90 Å². The minimum Gasteiger partial charge on any atom is -0.493 e. The van der Waals surface area contributed by atoms with Crippen LogP contribution in [0.15, 0.2) is 12.3 Å². The van der Waals surface area contributed by atoms with Crippen LogP contribution in [0, 0.1) is 0 Å². The van der Waals surface area contributed by atoms with Gasteiger partial charge < -0.3 is 14.0 Å². The van der Waals surface area contributed by atoms with Crippen LogP contribution < -0.4 is 5.59 Å². The Kier molecular flexibility index (Phi) is 4.44. The van der Waals surface area contributed by atoms with E-state index in [9.17, 15) is 9.59 Å². The number of rotatable bonds is 2. The third-order valence-corrected chi connectivity index (χ3v) is 3.60. The van der Waals surface area contributed by atoms with E-state index in [4.69, 9.17) is 14.0 Å². The smallest absolute Gasteiger partial charge is 0.493 e. The average molecular weight is 307 g/mol. The molecule has 0 amide bonds. The lowest BCUT2D eigenvalue weighted by molar-refractivity contribution is -0.145. The van der Waals surface area contributed by atoms with Crippen LogP contribution in [0.25, 0.3) is 0 Å². The Morgan fingerprint density at radius 1 is 1.23 bits per heavy atom. The fourth-order valence-corrected chi connectivity index (χ4v) is 2.53. The highest BCUT2D eigenvalue weighted by Gasteiger charge is 2.36. The molecule has 0 N–H and O–H groups in total. The summed E-state index contributed by atoms with van der Waals surface area (Å²) in [5.41, 5.74) is 0.389. The van der Waals surface area contributed by atoms with Crippen LogP contribution in [0.3, 0.4) is 0 Å². The number of hydrogen-bond acceptors (Lipinski definition) is 7. The van der Waals surface area contributed by atoms with Gasteiger partial charge in [-0.3, -0.25) is 14.5 Å². The molecule has 2 saturated heterocycles. The monoisotopic (exact) mass is 307 g/mol. The molecular formula is C13H18BN3O5. The molecule has 3 heterocycles. The van der Waals surface area contributed by atoms with Crippen molar-refractivity contribution in [3.63, 3.8) is 0 Å². The summed E-state index contributed by atoms with van der Waals surface area (Å²) in [4.78, 5) is 25.0. The fraction of sp³-hybridized carbons (Fsp3) is 0.615. The first-order valence-corrected chi connectivity index (χ1v) is 7.36. The van der Waals surface area contributed by atoms with Crippen molar-refractivity contribution in [1.29, 1.82) is 0 Å². The number of carbonyl (C=O) groups excluding carboxylic acids is 2. The van der Waals surface area contributed by atoms with E-state index in [1.54, 1.807) is 24.0 Å². The Morgan fingerprint density at radius 3 is 2.59 bits per heavy atom. The van der Waals surface area contributed by atoms with Crippen molar-refractivity contribution < 1.29 is 23.6 Å². The first kappa shape index (κ1) is 15.0. The number of nitrogens with zero attached hydrogens (tertiary/aromatic N) is 3. The zero-order chi connectivity index (χ0) is 15.5. The summed E-state index contributed by atoms with van der Waals surface area (Å²) >= 11 is 0. The molecule has 2 aliphatic rings. The molecule has 1 atom stereocenters. The van der Waals surface area contributed by atoms with Crippen LogP contribution in [0.5, 0.6) is 0 Å². The van der Waals surface area contributed by atoms with Crippen molar-refractivity contribution >= 4 is 24.7 Å². The van der Waals surface area contributed by atoms with Crippen LogP contribution in [0.4, 0.5) is 0 Å². The van der Waals surface area contributed by atoms with Gasteiger partial charge in [0.2, 0.25) is 0 Å². The van der Waals surface area contributed by atoms with Crippen LogP contribution in [-0.2, 0) is 23.6 Å². The molecule has 0 saturated carbocycles. The Morgan fingerprint density at radius 2 is 1.95 bits per heavy atom. The van der Waals surface area contributed by atoms with Crippen LogP contribution in [-0.4, -0.2) is 60.5 Å². The minimum atomic E-state index is -1.10. The molecule has 0 aromatic carbocycles. The molecule has 0 aliphatic carbocycles. The second-order valence-corrected chi connectivity index (χ2v) is 5.53.